The zero-order valence-electron chi connectivity index (χ0n) is 12.7. The highest BCUT2D eigenvalue weighted by molar-refractivity contribution is 6.00. The minimum Gasteiger partial charge on any atom is -0.462 e. The van der Waals surface area contributed by atoms with Crippen molar-refractivity contribution in [3.63, 3.8) is 0 Å². The molecule has 0 N–H and O–H groups in total. The van der Waals surface area contributed by atoms with Crippen molar-refractivity contribution in [2.24, 2.45) is 0 Å². The minimum atomic E-state index is -0.336. The van der Waals surface area contributed by atoms with E-state index in [4.69, 9.17) is 9.72 Å². The molecule has 0 aliphatic heterocycles. The van der Waals surface area contributed by atoms with Crippen LogP contribution in [0.3, 0.4) is 0 Å². The molecule has 1 aromatic heterocycles. The molecule has 0 radical (unpaired) electrons. The second kappa shape index (κ2) is 5.98. The summed E-state index contributed by atoms with van der Waals surface area (Å²) in [5, 5.41) is 0.947. The summed E-state index contributed by atoms with van der Waals surface area (Å²) in [6, 6.07) is 17.6. The number of fused-ring (bicyclic) bond motifs is 1. The van der Waals surface area contributed by atoms with Crippen LogP contribution in [0.5, 0.6) is 0 Å². The normalized spacial score (nSPS) is 10.6. The van der Waals surface area contributed by atoms with Gasteiger partial charge in [0.25, 0.3) is 0 Å². The van der Waals surface area contributed by atoms with Crippen molar-refractivity contribution < 1.29 is 9.53 Å². The first-order valence-corrected chi connectivity index (χ1v) is 7.33. The van der Waals surface area contributed by atoms with Crippen LogP contribution < -0.4 is 0 Å². The molecule has 2 aromatic carbocycles. The maximum absolute atomic E-state index is 12.3. The summed E-state index contributed by atoms with van der Waals surface area (Å²) in [5.41, 5.74) is 4.09. The minimum absolute atomic E-state index is 0.336. The van der Waals surface area contributed by atoms with Gasteiger partial charge in [-0.1, -0.05) is 48.5 Å². The van der Waals surface area contributed by atoms with Gasteiger partial charge in [0.2, 0.25) is 0 Å². The molecule has 0 aliphatic rings. The first-order chi connectivity index (χ1) is 10.7. The molecule has 0 saturated heterocycles. The average Bonchev–Trinajstić information content (AvgIpc) is 2.55. The Bertz CT molecular complexity index is 825. The van der Waals surface area contributed by atoms with E-state index in [1.807, 2.05) is 61.5 Å². The Balaban J connectivity index is 2.29. The average molecular weight is 291 g/mol. The van der Waals surface area contributed by atoms with Gasteiger partial charge < -0.3 is 4.74 Å². The lowest BCUT2D eigenvalue weighted by Gasteiger charge is -2.11. The van der Waals surface area contributed by atoms with Crippen LogP contribution >= 0.6 is 0 Å². The van der Waals surface area contributed by atoms with Gasteiger partial charge in [0.15, 0.2) is 0 Å². The second-order valence-corrected chi connectivity index (χ2v) is 5.12. The molecule has 0 amide bonds. The lowest BCUT2D eigenvalue weighted by Crippen LogP contribution is -2.08. The standard InChI is InChI=1S/C19H17NO2/c1-3-22-19(21)16-12-15-11-7-8-13(2)17(15)20-18(16)14-9-5-4-6-10-14/h4-12H,3H2,1-2H3. The molecule has 0 spiro atoms. The van der Waals surface area contributed by atoms with Crippen LogP contribution in [0.1, 0.15) is 22.8 Å². The monoisotopic (exact) mass is 291 g/mol. The smallest absolute Gasteiger partial charge is 0.340 e. The van der Waals surface area contributed by atoms with E-state index in [0.717, 1.165) is 22.0 Å². The molecule has 0 aliphatic carbocycles. The Labute approximate surface area is 129 Å². The molecule has 3 aromatic rings. The van der Waals surface area contributed by atoms with Crippen molar-refractivity contribution >= 4 is 16.9 Å². The Morgan fingerprint density at radius 2 is 1.86 bits per heavy atom. The highest BCUT2D eigenvalue weighted by Crippen LogP contribution is 2.27. The maximum Gasteiger partial charge on any atom is 0.340 e. The lowest BCUT2D eigenvalue weighted by atomic mass is 10.0. The van der Waals surface area contributed by atoms with Gasteiger partial charge in [-0.2, -0.15) is 0 Å². The van der Waals surface area contributed by atoms with E-state index in [1.54, 1.807) is 6.92 Å². The summed E-state index contributed by atoms with van der Waals surface area (Å²) in [4.78, 5) is 17.1. The number of esters is 1. The summed E-state index contributed by atoms with van der Waals surface area (Å²) in [6.45, 7) is 4.17. The van der Waals surface area contributed by atoms with Crippen molar-refractivity contribution in [3.8, 4) is 11.3 Å². The number of aromatic nitrogens is 1. The van der Waals surface area contributed by atoms with Gasteiger partial charge in [-0.25, -0.2) is 9.78 Å². The van der Waals surface area contributed by atoms with Crippen LogP contribution in [-0.4, -0.2) is 17.6 Å². The number of nitrogens with zero attached hydrogens (tertiary/aromatic N) is 1. The summed E-state index contributed by atoms with van der Waals surface area (Å²) < 4.78 is 5.19. The number of benzene rings is 2. The van der Waals surface area contributed by atoms with Gasteiger partial charge >= 0.3 is 5.97 Å². The van der Waals surface area contributed by atoms with Crippen molar-refractivity contribution in [2.75, 3.05) is 6.61 Å². The quantitative estimate of drug-likeness (QED) is 0.672. The van der Waals surface area contributed by atoms with E-state index in [9.17, 15) is 4.79 Å². The summed E-state index contributed by atoms with van der Waals surface area (Å²) in [6.07, 6.45) is 0. The molecule has 3 rings (SSSR count). The molecule has 0 atom stereocenters. The van der Waals surface area contributed by atoms with E-state index >= 15 is 0 Å². The summed E-state index contributed by atoms with van der Waals surface area (Å²) >= 11 is 0. The van der Waals surface area contributed by atoms with Gasteiger partial charge in [-0.15, -0.1) is 0 Å². The van der Waals surface area contributed by atoms with Crippen molar-refractivity contribution in [3.05, 3.63) is 65.7 Å². The van der Waals surface area contributed by atoms with Crippen LogP contribution in [0.4, 0.5) is 0 Å². The molecule has 110 valence electrons. The van der Waals surface area contributed by atoms with E-state index in [1.165, 1.54) is 0 Å². The maximum atomic E-state index is 12.3. The van der Waals surface area contributed by atoms with Crippen molar-refractivity contribution in [1.29, 1.82) is 0 Å². The van der Waals surface area contributed by atoms with E-state index in [0.29, 0.717) is 17.9 Å². The van der Waals surface area contributed by atoms with Crippen LogP contribution in [-0.2, 0) is 4.74 Å². The number of pyridine rings is 1. The number of hydrogen-bond donors (Lipinski definition) is 0. The van der Waals surface area contributed by atoms with Crippen molar-refractivity contribution in [1.82, 2.24) is 4.98 Å². The molecule has 0 unspecified atom stereocenters. The third-order valence-electron chi connectivity index (χ3n) is 3.59. The molecule has 0 bridgehead atoms. The van der Waals surface area contributed by atoms with Crippen molar-refractivity contribution in [2.45, 2.75) is 13.8 Å². The summed E-state index contributed by atoms with van der Waals surface area (Å²) in [7, 11) is 0. The van der Waals surface area contributed by atoms with E-state index < -0.39 is 0 Å². The van der Waals surface area contributed by atoms with E-state index in [-0.39, 0.29) is 5.97 Å². The highest BCUT2D eigenvalue weighted by Gasteiger charge is 2.17. The number of hydrogen-bond acceptors (Lipinski definition) is 3. The molecule has 0 saturated carbocycles. The van der Waals surface area contributed by atoms with Gasteiger partial charge in [0.05, 0.1) is 23.4 Å². The molecule has 3 heteroatoms. The SMILES string of the molecule is CCOC(=O)c1cc2cccc(C)c2nc1-c1ccccc1. The van der Waals surface area contributed by atoms with Crippen LogP contribution in [0.25, 0.3) is 22.2 Å². The topological polar surface area (TPSA) is 39.2 Å². The number of ether oxygens (including phenoxy) is 1. The van der Waals surface area contributed by atoms with E-state index in [2.05, 4.69) is 0 Å². The van der Waals surface area contributed by atoms with Crippen LogP contribution in [0.2, 0.25) is 0 Å². The number of rotatable bonds is 3. The zero-order chi connectivity index (χ0) is 15.5. The molecule has 22 heavy (non-hydrogen) atoms. The van der Waals surface area contributed by atoms with Gasteiger partial charge in [-0.05, 0) is 25.5 Å². The first kappa shape index (κ1) is 14.3. The summed E-state index contributed by atoms with van der Waals surface area (Å²) in [5.74, 6) is -0.336. The molecular formula is C19H17NO2. The third-order valence-corrected chi connectivity index (χ3v) is 3.59. The fraction of sp³-hybridized carbons (Fsp3) is 0.158. The predicted octanol–water partition coefficient (Wildman–Crippen LogP) is 4.39. The Hall–Kier alpha value is -2.68. The molecule has 0 fully saturated rings. The third kappa shape index (κ3) is 2.58. The zero-order valence-corrected chi connectivity index (χ0v) is 12.7. The molecule has 3 nitrogen and oxygen atoms in total. The Kier molecular flexibility index (Phi) is 3.88. The second-order valence-electron chi connectivity index (χ2n) is 5.12. The Morgan fingerprint density at radius 1 is 1.09 bits per heavy atom. The lowest BCUT2D eigenvalue weighted by molar-refractivity contribution is 0.0527. The van der Waals surface area contributed by atoms with Gasteiger partial charge in [0.1, 0.15) is 0 Å². The Morgan fingerprint density at radius 3 is 2.59 bits per heavy atom. The van der Waals surface area contributed by atoms with Crippen LogP contribution in [0, 0.1) is 6.92 Å². The van der Waals surface area contributed by atoms with Gasteiger partial charge in [0, 0.05) is 10.9 Å². The number of aryl methyl sites for hydroxylation is 1. The van der Waals surface area contributed by atoms with Gasteiger partial charge in [-0.3, -0.25) is 0 Å². The highest BCUT2D eigenvalue weighted by atomic mass is 16.5. The number of carbonyl (C=O) groups is 1. The molecule has 1 heterocycles. The first-order valence-electron chi connectivity index (χ1n) is 7.33. The fourth-order valence-electron chi connectivity index (χ4n) is 2.53. The predicted molar refractivity (Wildman–Crippen MR) is 87.9 cm³/mol. The largest absolute Gasteiger partial charge is 0.462 e. The fourth-order valence-corrected chi connectivity index (χ4v) is 2.53. The number of para-hydroxylation sites is 1. The van der Waals surface area contributed by atoms with Crippen LogP contribution in [0.15, 0.2) is 54.6 Å². The number of carbonyl (C=O) groups excluding carboxylic acids is 1. The molecular weight excluding hydrogens is 274 g/mol.